The third kappa shape index (κ3) is 2.75. The number of rotatable bonds is 5. The van der Waals surface area contributed by atoms with E-state index in [0.29, 0.717) is 5.56 Å². The van der Waals surface area contributed by atoms with Crippen molar-refractivity contribution in [1.82, 2.24) is 14.8 Å². The van der Waals surface area contributed by atoms with E-state index in [4.69, 9.17) is 0 Å². The van der Waals surface area contributed by atoms with Crippen molar-refractivity contribution in [2.24, 2.45) is 0 Å². The van der Waals surface area contributed by atoms with E-state index in [1.54, 1.807) is 0 Å². The van der Waals surface area contributed by atoms with E-state index in [-0.39, 0.29) is 18.0 Å². The van der Waals surface area contributed by atoms with Gasteiger partial charge < -0.3 is 4.98 Å². The van der Waals surface area contributed by atoms with Crippen LogP contribution in [0.5, 0.6) is 0 Å². The van der Waals surface area contributed by atoms with Crippen LogP contribution in [0.15, 0.2) is 67.0 Å². The van der Waals surface area contributed by atoms with Crippen molar-refractivity contribution in [2.75, 3.05) is 0 Å². The van der Waals surface area contributed by atoms with Crippen LogP contribution in [0, 0.1) is 10.1 Å². The monoisotopic (exact) mass is 346 g/mol. The molecule has 0 saturated carbocycles. The molecule has 2 aromatic heterocycles. The van der Waals surface area contributed by atoms with Gasteiger partial charge in [0.2, 0.25) is 0 Å². The summed E-state index contributed by atoms with van der Waals surface area (Å²) in [6.45, 7) is -0.0739. The van der Waals surface area contributed by atoms with Crippen molar-refractivity contribution in [2.45, 2.75) is 6.54 Å². The normalized spacial score (nSPS) is 10.9. The molecule has 2 aromatic carbocycles. The minimum Gasteiger partial charge on any atom is -0.354 e. The lowest BCUT2D eigenvalue weighted by Gasteiger charge is -2.05. The lowest BCUT2D eigenvalue weighted by Crippen LogP contribution is -2.11. The van der Waals surface area contributed by atoms with Crippen LogP contribution in [0.25, 0.3) is 22.2 Å². The van der Waals surface area contributed by atoms with Crippen LogP contribution in [0.3, 0.4) is 0 Å². The zero-order valence-corrected chi connectivity index (χ0v) is 13.6. The van der Waals surface area contributed by atoms with Gasteiger partial charge >= 0.3 is 5.69 Å². The minimum atomic E-state index is -0.533. The second kappa shape index (κ2) is 6.29. The molecule has 0 aliphatic carbocycles. The molecule has 1 N–H and O–H groups in total. The van der Waals surface area contributed by atoms with Gasteiger partial charge in [-0.1, -0.05) is 48.5 Å². The summed E-state index contributed by atoms with van der Waals surface area (Å²) in [6.07, 6.45) is 2.40. The van der Waals surface area contributed by atoms with E-state index in [1.807, 2.05) is 54.6 Å². The average Bonchev–Trinajstić information content (AvgIpc) is 3.27. The zero-order valence-electron chi connectivity index (χ0n) is 13.6. The van der Waals surface area contributed by atoms with E-state index in [9.17, 15) is 14.9 Å². The molecule has 0 fully saturated rings. The van der Waals surface area contributed by atoms with Gasteiger partial charge in [0.15, 0.2) is 5.78 Å². The molecular weight excluding hydrogens is 332 g/mol. The number of fused-ring (bicyclic) bond motifs is 1. The molecule has 2 heterocycles. The van der Waals surface area contributed by atoms with Gasteiger partial charge in [-0.05, 0) is 11.6 Å². The Morgan fingerprint density at radius 1 is 1.12 bits per heavy atom. The van der Waals surface area contributed by atoms with Gasteiger partial charge in [-0.25, -0.2) is 0 Å². The molecule has 0 aliphatic heterocycles. The molecule has 26 heavy (non-hydrogen) atoms. The summed E-state index contributed by atoms with van der Waals surface area (Å²) < 4.78 is 1.29. The number of H-pyrrole nitrogens is 1. The topological polar surface area (TPSA) is 93.8 Å². The van der Waals surface area contributed by atoms with Gasteiger partial charge in [0.05, 0.1) is 16.2 Å². The largest absolute Gasteiger partial charge is 0.354 e. The Hall–Kier alpha value is -3.74. The molecule has 0 amide bonds. The molecule has 128 valence electrons. The van der Waals surface area contributed by atoms with E-state index >= 15 is 0 Å². The number of aromatic nitrogens is 3. The lowest BCUT2D eigenvalue weighted by atomic mass is 10.0. The van der Waals surface area contributed by atoms with Crippen LogP contribution >= 0.6 is 0 Å². The van der Waals surface area contributed by atoms with Gasteiger partial charge in [0, 0.05) is 10.9 Å². The quantitative estimate of drug-likeness (QED) is 0.338. The fourth-order valence-corrected chi connectivity index (χ4v) is 3.01. The lowest BCUT2D eigenvalue weighted by molar-refractivity contribution is -0.385. The van der Waals surface area contributed by atoms with Crippen LogP contribution in [-0.4, -0.2) is 25.5 Å². The number of hydrogen-bond donors (Lipinski definition) is 1. The number of hydrogen-bond acceptors (Lipinski definition) is 4. The van der Waals surface area contributed by atoms with Gasteiger partial charge in [0.25, 0.3) is 0 Å². The average molecular weight is 346 g/mol. The number of carbonyl (C=O) groups is 1. The Balaban J connectivity index is 1.79. The molecule has 7 nitrogen and oxygen atoms in total. The molecule has 4 rings (SSSR count). The summed E-state index contributed by atoms with van der Waals surface area (Å²) in [6, 6.07) is 17.2. The second-order valence-electron chi connectivity index (χ2n) is 5.86. The van der Waals surface area contributed by atoms with Crippen LogP contribution in [0.2, 0.25) is 0 Å². The van der Waals surface area contributed by atoms with Crippen LogP contribution in [0.1, 0.15) is 10.4 Å². The highest BCUT2D eigenvalue weighted by Crippen LogP contribution is 2.31. The van der Waals surface area contributed by atoms with Crippen molar-refractivity contribution < 1.29 is 9.72 Å². The Kier molecular flexibility index (Phi) is 3.81. The Morgan fingerprint density at radius 3 is 2.58 bits per heavy atom. The number of benzene rings is 2. The number of ketones is 1. The highest BCUT2D eigenvalue weighted by Gasteiger charge is 2.20. The zero-order chi connectivity index (χ0) is 18.1. The van der Waals surface area contributed by atoms with Crippen molar-refractivity contribution in [3.05, 3.63) is 82.7 Å². The number of para-hydroxylation sites is 1. The summed E-state index contributed by atoms with van der Waals surface area (Å²) in [4.78, 5) is 26.6. The SMILES string of the molecule is O=C(Cn1cc([N+](=O)[O-])cn1)c1c(-c2ccccc2)[nH]c2ccccc12. The number of nitrogens with one attached hydrogen (secondary N) is 1. The molecular formula is C19H14N4O3. The third-order valence-corrected chi connectivity index (χ3v) is 4.18. The van der Waals surface area contributed by atoms with Crippen LogP contribution in [-0.2, 0) is 6.54 Å². The highest BCUT2D eigenvalue weighted by atomic mass is 16.6. The van der Waals surface area contributed by atoms with Crippen molar-refractivity contribution in [1.29, 1.82) is 0 Å². The van der Waals surface area contributed by atoms with Crippen LogP contribution in [0.4, 0.5) is 5.69 Å². The molecule has 4 aromatic rings. The molecule has 0 unspecified atom stereocenters. The first-order valence-corrected chi connectivity index (χ1v) is 7.99. The molecule has 0 atom stereocenters. The predicted octanol–water partition coefficient (Wildman–Crippen LogP) is 3.82. The summed E-state index contributed by atoms with van der Waals surface area (Å²) in [5, 5.41) is 15.5. The van der Waals surface area contributed by atoms with Gasteiger partial charge in [-0.2, -0.15) is 5.10 Å². The maximum atomic E-state index is 13.0. The van der Waals surface area contributed by atoms with Gasteiger partial charge in [-0.15, -0.1) is 0 Å². The fourth-order valence-electron chi connectivity index (χ4n) is 3.01. The van der Waals surface area contributed by atoms with E-state index < -0.39 is 4.92 Å². The van der Waals surface area contributed by atoms with Crippen LogP contribution < -0.4 is 0 Å². The summed E-state index contributed by atoms with van der Waals surface area (Å²) in [7, 11) is 0. The predicted molar refractivity (Wildman–Crippen MR) is 96.9 cm³/mol. The summed E-state index contributed by atoms with van der Waals surface area (Å²) >= 11 is 0. The number of aromatic amines is 1. The van der Waals surface area contributed by atoms with E-state index in [2.05, 4.69) is 10.1 Å². The Labute approximate surface area is 148 Å². The smallest absolute Gasteiger partial charge is 0.307 e. The highest BCUT2D eigenvalue weighted by molar-refractivity contribution is 6.13. The third-order valence-electron chi connectivity index (χ3n) is 4.18. The van der Waals surface area contributed by atoms with Crippen molar-refractivity contribution in [3.8, 4) is 11.3 Å². The summed E-state index contributed by atoms with van der Waals surface area (Å²) in [5.41, 5.74) is 2.92. The number of nitrogens with zero attached hydrogens (tertiary/aromatic N) is 3. The number of carbonyl (C=O) groups excluding carboxylic acids is 1. The molecule has 7 heteroatoms. The Morgan fingerprint density at radius 2 is 1.85 bits per heavy atom. The first kappa shape index (κ1) is 15.8. The first-order chi connectivity index (χ1) is 12.6. The van der Waals surface area contributed by atoms with Gasteiger partial charge in [-0.3, -0.25) is 19.6 Å². The molecule has 0 bridgehead atoms. The van der Waals surface area contributed by atoms with Crippen molar-refractivity contribution in [3.63, 3.8) is 0 Å². The first-order valence-electron chi connectivity index (χ1n) is 7.99. The van der Waals surface area contributed by atoms with E-state index in [0.717, 1.165) is 28.4 Å². The molecule has 0 saturated heterocycles. The molecule has 0 spiro atoms. The fraction of sp³-hybridized carbons (Fsp3) is 0.0526. The van der Waals surface area contributed by atoms with E-state index in [1.165, 1.54) is 10.9 Å². The number of Topliss-reactive ketones (excluding diaryl/α,β-unsaturated/α-hetero) is 1. The molecule has 0 radical (unpaired) electrons. The molecule has 0 aliphatic rings. The minimum absolute atomic E-state index is 0.0739. The maximum Gasteiger partial charge on any atom is 0.307 e. The number of nitro groups is 1. The second-order valence-corrected chi connectivity index (χ2v) is 5.86. The summed E-state index contributed by atoms with van der Waals surface area (Å²) in [5.74, 6) is -0.167. The maximum absolute atomic E-state index is 13.0. The van der Waals surface area contributed by atoms with Gasteiger partial charge in [0.1, 0.15) is 18.9 Å². The standard InChI is InChI=1S/C19H14N4O3/c24-17(12-22-11-14(10-20-22)23(25)26)18-15-8-4-5-9-16(15)21-19(18)13-6-2-1-3-7-13/h1-11,21H,12H2. The van der Waals surface area contributed by atoms with Crippen molar-refractivity contribution >= 4 is 22.4 Å². The Bertz CT molecular complexity index is 1110.